The van der Waals surface area contributed by atoms with Crippen LogP contribution in [0.15, 0.2) is 42.5 Å². The zero-order chi connectivity index (χ0) is 20.9. The quantitative estimate of drug-likeness (QED) is 0.689. The number of rotatable bonds is 8. The molecule has 0 aliphatic rings. The number of aliphatic carboxylic acids is 1. The lowest BCUT2D eigenvalue weighted by molar-refractivity contribution is -0.152. The van der Waals surface area contributed by atoms with Gasteiger partial charge in [-0.3, -0.25) is 4.79 Å². The van der Waals surface area contributed by atoms with Gasteiger partial charge in [0.25, 0.3) is 5.91 Å². The summed E-state index contributed by atoms with van der Waals surface area (Å²) < 4.78 is 10.7. The Morgan fingerprint density at radius 3 is 2.39 bits per heavy atom. The molecule has 28 heavy (non-hydrogen) atoms. The second-order valence-electron chi connectivity index (χ2n) is 6.94. The Labute approximate surface area is 169 Å². The van der Waals surface area contributed by atoms with Crippen molar-refractivity contribution in [3.05, 3.63) is 58.6 Å². The smallest absolute Gasteiger partial charge is 0.347 e. The fraction of sp³-hybridized carbons (Fsp3) is 0.333. The Bertz CT molecular complexity index is 848. The first-order valence-corrected chi connectivity index (χ1v) is 9.16. The first kappa shape index (κ1) is 21.6. The van der Waals surface area contributed by atoms with Crippen molar-refractivity contribution in [3.8, 4) is 11.5 Å². The number of ether oxygens (including phenoxy) is 2. The molecule has 150 valence electrons. The van der Waals surface area contributed by atoms with E-state index in [0.717, 1.165) is 5.56 Å². The van der Waals surface area contributed by atoms with Crippen molar-refractivity contribution >= 4 is 23.5 Å². The minimum absolute atomic E-state index is 0.0377. The minimum atomic E-state index is -1.31. The molecule has 0 fully saturated rings. The summed E-state index contributed by atoms with van der Waals surface area (Å²) in [6.45, 7) is 5.37. The molecule has 7 heteroatoms. The summed E-state index contributed by atoms with van der Waals surface area (Å²) in [6, 6.07) is 12.0. The number of hydrogen-bond acceptors (Lipinski definition) is 4. The number of carbonyl (C=O) groups is 2. The van der Waals surface area contributed by atoms with Gasteiger partial charge in [-0.25, -0.2) is 4.79 Å². The summed E-state index contributed by atoms with van der Waals surface area (Å²) in [5.74, 6) is -0.345. The zero-order valence-electron chi connectivity index (χ0n) is 16.3. The van der Waals surface area contributed by atoms with Crippen LogP contribution in [0.2, 0.25) is 5.02 Å². The van der Waals surface area contributed by atoms with Crippen molar-refractivity contribution in [1.82, 2.24) is 5.32 Å². The van der Waals surface area contributed by atoms with E-state index < -0.39 is 11.6 Å². The van der Waals surface area contributed by atoms with Crippen molar-refractivity contribution in [2.45, 2.75) is 32.3 Å². The number of carboxylic acids is 1. The first-order valence-electron chi connectivity index (χ1n) is 8.78. The van der Waals surface area contributed by atoms with Crippen molar-refractivity contribution in [1.29, 1.82) is 0 Å². The van der Waals surface area contributed by atoms with E-state index >= 15 is 0 Å². The molecule has 2 rings (SSSR count). The van der Waals surface area contributed by atoms with Gasteiger partial charge in [-0.15, -0.1) is 0 Å². The Hall–Kier alpha value is -2.73. The molecular weight excluding hydrogens is 382 g/mol. The molecule has 1 unspecified atom stereocenters. The molecule has 0 radical (unpaired) electrons. The van der Waals surface area contributed by atoms with Crippen molar-refractivity contribution in [2.75, 3.05) is 13.7 Å². The molecule has 1 atom stereocenters. The molecule has 0 saturated heterocycles. The highest BCUT2D eigenvalue weighted by Crippen LogP contribution is 2.24. The molecular formula is C21H24ClNO5. The van der Waals surface area contributed by atoms with Crippen LogP contribution in [-0.2, 0) is 4.79 Å². The number of carbonyl (C=O) groups excluding carboxylic acids is 1. The number of benzene rings is 2. The molecule has 1 amide bonds. The van der Waals surface area contributed by atoms with Crippen LogP contribution in [0.4, 0.5) is 0 Å². The van der Waals surface area contributed by atoms with E-state index in [9.17, 15) is 9.59 Å². The molecule has 0 aromatic heterocycles. The highest BCUT2D eigenvalue weighted by molar-refractivity contribution is 6.31. The largest absolute Gasteiger partial charge is 0.496 e. The molecule has 0 saturated carbocycles. The first-order chi connectivity index (χ1) is 13.1. The third kappa shape index (κ3) is 5.39. The number of methoxy groups -OCH3 is 1. The molecule has 0 aliphatic carbocycles. The molecule has 6 nitrogen and oxygen atoms in total. The fourth-order valence-corrected chi connectivity index (χ4v) is 2.69. The Morgan fingerprint density at radius 2 is 1.82 bits per heavy atom. The van der Waals surface area contributed by atoms with E-state index in [2.05, 4.69) is 5.32 Å². The standard InChI is InChI=1S/C21H24ClNO5/c1-13(12-23-19(24)17-11-15(22)7-10-18(17)27-4)14-5-8-16(9-6-14)28-21(2,3)20(25)26/h5-11,13H,12H2,1-4H3,(H,23,24)(H,25,26). The second kappa shape index (κ2) is 8.97. The predicted molar refractivity (Wildman–Crippen MR) is 108 cm³/mol. The Kier molecular flexibility index (Phi) is 6.91. The number of hydrogen-bond donors (Lipinski definition) is 2. The number of halogens is 1. The highest BCUT2D eigenvalue weighted by atomic mass is 35.5. The van der Waals surface area contributed by atoms with E-state index in [4.69, 9.17) is 26.2 Å². The summed E-state index contributed by atoms with van der Waals surface area (Å²) in [6.07, 6.45) is 0. The average molecular weight is 406 g/mol. The third-order valence-corrected chi connectivity index (χ3v) is 4.55. The lowest BCUT2D eigenvalue weighted by Crippen LogP contribution is -2.37. The monoisotopic (exact) mass is 405 g/mol. The normalized spacial score (nSPS) is 12.2. The molecule has 0 heterocycles. The van der Waals surface area contributed by atoms with Crippen LogP contribution in [0, 0.1) is 0 Å². The van der Waals surface area contributed by atoms with E-state index in [-0.39, 0.29) is 11.8 Å². The van der Waals surface area contributed by atoms with Gasteiger partial charge in [-0.2, -0.15) is 0 Å². The van der Waals surface area contributed by atoms with Crippen molar-refractivity contribution in [2.24, 2.45) is 0 Å². The summed E-state index contributed by atoms with van der Waals surface area (Å²) in [5.41, 5.74) is 0.0533. The van der Waals surface area contributed by atoms with E-state index in [0.29, 0.717) is 28.6 Å². The zero-order valence-corrected chi connectivity index (χ0v) is 17.0. The lowest BCUT2D eigenvalue weighted by atomic mass is 10.0. The maximum absolute atomic E-state index is 12.5. The summed E-state index contributed by atoms with van der Waals surface area (Å²) in [7, 11) is 1.50. The van der Waals surface area contributed by atoms with Crippen LogP contribution in [0.25, 0.3) is 0 Å². The second-order valence-corrected chi connectivity index (χ2v) is 7.38. The van der Waals surface area contributed by atoms with Crippen LogP contribution in [-0.4, -0.2) is 36.2 Å². The maximum Gasteiger partial charge on any atom is 0.347 e. The summed E-state index contributed by atoms with van der Waals surface area (Å²) in [5, 5.41) is 12.5. The van der Waals surface area contributed by atoms with Crippen LogP contribution >= 0.6 is 11.6 Å². The minimum Gasteiger partial charge on any atom is -0.496 e. The van der Waals surface area contributed by atoms with Gasteiger partial charge in [0, 0.05) is 11.6 Å². The van der Waals surface area contributed by atoms with Gasteiger partial charge in [0.2, 0.25) is 0 Å². The van der Waals surface area contributed by atoms with Gasteiger partial charge < -0.3 is 19.9 Å². The number of amides is 1. The predicted octanol–water partition coefficient (Wildman–Crippen LogP) is 4.12. The van der Waals surface area contributed by atoms with Crippen molar-refractivity contribution in [3.63, 3.8) is 0 Å². The lowest BCUT2D eigenvalue weighted by Gasteiger charge is -2.22. The van der Waals surface area contributed by atoms with Crippen LogP contribution in [0.3, 0.4) is 0 Å². The molecule has 0 spiro atoms. The van der Waals surface area contributed by atoms with Gasteiger partial charge in [0.15, 0.2) is 5.60 Å². The maximum atomic E-state index is 12.5. The molecule has 2 aromatic carbocycles. The third-order valence-electron chi connectivity index (χ3n) is 4.31. The van der Waals surface area contributed by atoms with Gasteiger partial charge in [0.1, 0.15) is 11.5 Å². The highest BCUT2D eigenvalue weighted by Gasteiger charge is 2.29. The van der Waals surface area contributed by atoms with Gasteiger partial charge in [0.05, 0.1) is 12.7 Å². The van der Waals surface area contributed by atoms with E-state index in [1.54, 1.807) is 30.3 Å². The Balaban J connectivity index is 2.00. The van der Waals surface area contributed by atoms with Gasteiger partial charge in [-0.1, -0.05) is 30.7 Å². The summed E-state index contributed by atoms with van der Waals surface area (Å²) >= 11 is 5.97. The molecule has 2 aromatic rings. The SMILES string of the molecule is COc1ccc(Cl)cc1C(=O)NCC(C)c1ccc(OC(C)(C)C(=O)O)cc1. The molecule has 0 aliphatic heterocycles. The average Bonchev–Trinajstić information content (AvgIpc) is 2.66. The molecule has 2 N–H and O–H groups in total. The van der Waals surface area contributed by atoms with Crippen LogP contribution in [0.5, 0.6) is 11.5 Å². The van der Waals surface area contributed by atoms with E-state index in [1.165, 1.54) is 21.0 Å². The van der Waals surface area contributed by atoms with E-state index in [1.807, 2.05) is 19.1 Å². The molecule has 0 bridgehead atoms. The van der Waals surface area contributed by atoms with Crippen LogP contribution in [0.1, 0.15) is 42.6 Å². The number of nitrogens with one attached hydrogen (secondary N) is 1. The van der Waals surface area contributed by atoms with Gasteiger partial charge >= 0.3 is 5.97 Å². The summed E-state index contributed by atoms with van der Waals surface area (Å²) in [4.78, 5) is 23.6. The fourth-order valence-electron chi connectivity index (χ4n) is 2.52. The topological polar surface area (TPSA) is 84.9 Å². The Morgan fingerprint density at radius 1 is 1.18 bits per heavy atom. The number of carboxylic acid groups (broad SMARTS) is 1. The van der Waals surface area contributed by atoms with Crippen LogP contribution < -0.4 is 14.8 Å². The van der Waals surface area contributed by atoms with Gasteiger partial charge in [-0.05, 0) is 55.7 Å². The van der Waals surface area contributed by atoms with Crippen molar-refractivity contribution < 1.29 is 24.2 Å².